The Balaban J connectivity index is 2.10. The highest BCUT2D eigenvalue weighted by atomic mass is 35.5. The van der Waals surface area contributed by atoms with Gasteiger partial charge in [-0.2, -0.15) is 0 Å². The van der Waals surface area contributed by atoms with Gasteiger partial charge in [0.1, 0.15) is 5.82 Å². The van der Waals surface area contributed by atoms with Crippen molar-refractivity contribution < 1.29 is 26.4 Å². The number of hydrogen-bond donors (Lipinski definition) is 1. The smallest absolute Gasteiger partial charge is 0.239 e. The lowest BCUT2D eigenvalue weighted by Crippen LogP contribution is -2.41. The topological polar surface area (TPSA) is 63.2 Å². The summed E-state index contributed by atoms with van der Waals surface area (Å²) in [5.41, 5.74) is -0.270. The average molecular weight is 384 g/mol. The van der Waals surface area contributed by atoms with Gasteiger partial charge in [0.15, 0.2) is 0 Å². The van der Waals surface area contributed by atoms with Gasteiger partial charge in [0.25, 0.3) is 0 Å². The van der Waals surface area contributed by atoms with Crippen LogP contribution in [0.15, 0.2) is 18.2 Å². The molecule has 1 fully saturated rings. The SMILES string of the molecule is O=C(NS(=O)(=O)Cc1c(F)cccc1Cl)C(CC(F)F)C1CCC1. The summed E-state index contributed by atoms with van der Waals surface area (Å²) in [7, 11) is -4.25. The lowest BCUT2D eigenvalue weighted by molar-refractivity contribution is -0.127. The molecule has 4 nitrogen and oxygen atoms in total. The maximum atomic E-state index is 13.7. The number of alkyl halides is 2. The molecule has 24 heavy (non-hydrogen) atoms. The lowest BCUT2D eigenvalue weighted by atomic mass is 9.74. The maximum absolute atomic E-state index is 13.7. The monoisotopic (exact) mass is 383 g/mol. The molecule has 0 bridgehead atoms. The minimum atomic E-state index is -4.25. The molecule has 1 aliphatic carbocycles. The number of nitrogens with one attached hydrogen (secondary N) is 1. The summed E-state index contributed by atoms with van der Waals surface area (Å²) in [6, 6.07) is 3.69. The molecule has 1 amide bonds. The number of carbonyl (C=O) groups excluding carboxylic acids is 1. The summed E-state index contributed by atoms with van der Waals surface area (Å²) in [6.07, 6.45) is -1.33. The van der Waals surface area contributed by atoms with Crippen molar-refractivity contribution in [3.8, 4) is 0 Å². The van der Waals surface area contributed by atoms with Gasteiger partial charge in [0, 0.05) is 22.9 Å². The Morgan fingerprint density at radius 2 is 2.00 bits per heavy atom. The zero-order valence-electron chi connectivity index (χ0n) is 12.6. The average Bonchev–Trinajstić information content (AvgIpc) is 2.39. The van der Waals surface area contributed by atoms with Gasteiger partial charge in [0.05, 0.1) is 5.75 Å². The molecule has 1 aliphatic rings. The second kappa shape index (κ2) is 7.74. The highest BCUT2D eigenvalue weighted by Crippen LogP contribution is 2.36. The summed E-state index contributed by atoms with van der Waals surface area (Å²) in [5, 5.41) is -0.0871. The number of benzene rings is 1. The van der Waals surface area contributed by atoms with Crippen molar-refractivity contribution in [2.75, 3.05) is 0 Å². The third kappa shape index (κ3) is 4.86. The van der Waals surface area contributed by atoms with Gasteiger partial charge in [-0.25, -0.2) is 21.6 Å². The Labute approximate surface area is 143 Å². The Morgan fingerprint density at radius 3 is 2.50 bits per heavy atom. The molecule has 2 rings (SSSR count). The van der Waals surface area contributed by atoms with Crippen LogP contribution in [-0.4, -0.2) is 20.8 Å². The molecule has 0 saturated heterocycles. The van der Waals surface area contributed by atoms with Crippen LogP contribution in [0, 0.1) is 17.7 Å². The molecule has 1 atom stereocenters. The number of halogens is 4. The van der Waals surface area contributed by atoms with Crippen LogP contribution in [0.3, 0.4) is 0 Å². The quantitative estimate of drug-likeness (QED) is 0.783. The molecule has 9 heteroatoms. The van der Waals surface area contributed by atoms with E-state index < -0.39 is 46.3 Å². The third-order valence-corrected chi connectivity index (χ3v) is 5.67. The van der Waals surface area contributed by atoms with Crippen LogP contribution in [0.1, 0.15) is 31.2 Å². The summed E-state index contributed by atoms with van der Waals surface area (Å²) < 4.78 is 65.0. The fourth-order valence-corrected chi connectivity index (χ4v) is 4.19. The first-order valence-corrected chi connectivity index (χ1v) is 9.48. The first kappa shape index (κ1) is 19.1. The number of sulfonamides is 1. The van der Waals surface area contributed by atoms with E-state index in [1.807, 2.05) is 0 Å². The predicted molar refractivity (Wildman–Crippen MR) is 83.6 cm³/mol. The Morgan fingerprint density at radius 1 is 1.33 bits per heavy atom. The molecule has 1 aromatic rings. The molecule has 0 aliphatic heterocycles. The Bertz CT molecular complexity index is 688. The second-order valence-electron chi connectivity index (χ2n) is 5.85. The van der Waals surface area contributed by atoms with Crippen molar-refractivity contribution in [3.63, 3.8) is 0 Å². The molecule has 0 heterocycles. The van der Waals surface area contributed by atoms with E-state index in [2.05, 4.69) is 0 Å². The number of carbonyl (C=O) groups is 1. The molecule has 1 saturated carbocycles. The molecular formula is C15H17ClF3NO3S. The zero-order chi connectivity index (χ0) is 17.9. The summed E-state index contributed by atoms with van der Waals surface area (Å²) in [4.78, 5) is 12.1. The van der Waals surface area contributed by atoms with E-state index in [-0.39, 0.29) is 16.5 Å². The Kier molecular flexibility index (Phi) is 6.14. The van der Waals surface area contributed by atoms with Crippen molar-refractivity contribution in [1.82, 2.24) is 4.72 Å². The molecular weight excluding hydrogens is 367 g/mol. The highest BCUT2D eigenvalue weighted by molar-refractivity contribution is 7.89. The van der Waals surface area contributed by atoms with Gasteiger partial charge in [-0.3, -0.25) is 9.52 Å². The fraction of sp³-hybridized carbons (Fsp3) is 0.533. The molecule has 134 valence electrons. The number of amides is 1. The number of rotatable bonds is 7. The minimum absolute atomic E-state index is 0.0871. The predicted octanol–water partition coefficient (Wildman–Crippen LogP) is 3.50. The van der Waals surface area contributed by atoms with E-state index >= 15 is 0 Å². The van der Waals surface area contributed by atoms with E-state index in [4.69, 9.17) is 11.6 Å². The van der Waals surface area contributed by atoms with Gasteiger partial charge < -0.3 is 0 Å². The van der Waals surface area contributed by atoms with Crippen LogP contribution in [0.25, 0.3) is 0 Å². The molecule has 1 N–H and O–H groups in total. The highest BCUT2D eigenvalue weighted by Gasteiger charge is 2.36. The van der Waals surface area contributed by atoms with Crippen LogP contribution < -0.4 is 4.72 Å². The maximum Gasteiger partial charge on any atom is 0.239 e. The molecule has 0 radical (unpaired) electrons. The van der Waals surface area contributed by atoms with Crippen LogP contribution in [0.5, 0.6) is 0 Å². The van der Waals surface area contributed by atoms with Crippen molar-refractivity contribution >= 4 is 27.5 Å². The third-order valence-electron chi connectivity index (χ3n) is 4.14. The van der Waals surface area contributed by atoms with Gasteiger partial charge in [0.2, 0.25) is 22.4 Å². The van der Waals surface area contributed by atoms with E-state index in [1.165, 1.54) is 12.1 Å². The van der Waals surface area contributed by atoms with Gasteiger partial charge in [-0.05, 0) is 30.9 Å². The first-order chi connectivity index (χ1) is 11.2. The van der Waals surface area contributed by atoms with E-state index in [0.717, 1.165) is 12.5 Å². The van der Waals surface area contributed by atoms with Crippen LogP contribution in [-0.2, 0) is 20.6 Å². The summed E-state index contributed by atoms with van der Waals surface area (Å²) in [6.45, 7) is 0. The molecule has 0 spiro atoms. The van der Waals surface area contributed by atoms with E-state index in [1.54, 1.807) is 4.72 Å². The van der Waals surface area contributed by atoms with Crippen LogP contribution in [0.4, 0.5) is 13.2 Å². The summed E-state index contributed by atoms with van der Waals surface area (Å²) in [5.74, 6) is -3.93. The second-order valence-corrected chi connectivity index (χ2v) is 7.98. The van der Waals surface area contributed by atoms with E-state index in [0.29, 0.717) is 12.8 Å². The summed E-state index contributed by atoms with van der Waals surface area (Å²) >= 11 is 5.77. The standard InChI is InChI=1S/C15H17ClF3NO3S/c16-12-5-2-6-13(17)11(12)8-24(22,23)20-15(21)10(7-14(18)19)9-3-1-4-9/h2,5-6,9-10,14H,1,3-4,7-8H2,(H,20,21). The van der Waals surface area contributed by atoms with Gasteiger partial charge >= 0.3 is 0 Å². The van der Waals surface area contributed by atoms with Gasteiger partial charge in [-0.1, -0.05) is 24.1 Å². The zero-order valence-corrected chi connectivity index (χ0v) is 14.2. The lowest BCUT2D eigenvalue weighted by Gasteiger charge is -2.32. The van der Waals surface area contributed by atoms with Gasteiger partial charge in [-0.15, -0.1) is 0 Å². The van der Waals surface area contributed by atoms with Crippen molar-refractivity contribution in [2.24, 2.45) is 11.8 Å². The largest absolute Gasteiger partial charge is 0.274 e. The number of hydrogen-bond acceptors (Lipinski definition) is 3. The van der Waals surface area contributed by atoms with Crippen LogP contribution >= 0.6 is 11.6 Å². The molecule has 0 aromatic heterocycles. The molecule has 1 unspecified atom stereocenters. The van der Waals surface area contributed by atoms with Crippen LogP contribution in [0.2, 0.25) is 5.02 Å². The van der Waals surface area contributed by atoms with Crippen molar-refractivity contribution in [1.29, 1.82) is 0 Å². The van der Waals surface area contributed by atoms with Crippen molar-refractivity contribution in [2.45, 2.75) is 37.9 Å². The van der Waals surface area contributed by atoms with Crippen molar-refractivity contribution in [3.05, 3.63) is 34.6 Å². The first-order valence-electron chi connectivity index (χ1n) is 7.45. The Hall–Kier alpha value is -1.28. The fourth-order valence-electron chi connectivity index (χ4n) is 2.67. The minimum Gasteiger partial charge on any atom is -0.274 e. The molecule has 1 aromatic carbocycles. The van der Waals surface area contributed by atoms with E-state index in [9.17, 15) is 26.4 Å². The normalized spacial score (nSPS) is 16.7.